The lowest BCUT2D eigenvalue weighted by atomic mass is 9.87. The molecular formula is C18H34N2O5. The quantitative estimate of drug-likeness (QED) is 0.480. The standard InChI is InChI=1S/C18H34N2O5/c1-10(2)7-12(5)16(22)13(6)18(24)20-14(17(19)23)8-15(21)25-9-11(3)4/h10-14,16,22H,7-9H2,1-6H3,(H2,19,23)(H,20,24). The molecule has 4 N–H and O–H groups in total. The van der Waals surface area contributed by atoms with E-state index in [0.717, 1.165) is 6.42 Å². The molecule has 7 heteroatoms. The molecule has 4 atom stereocenters. The summed E-state index contributed by atoms with van der Waals surface area (Å²) in [5.74, 6) is -2.14. The number of ether oxygens (including phenoxy) is 1. The van der Waals surface area contributed by atoms with Crippen molar-refractivity contribution in [3.8, 4) is 0 Å². The summed E-state index contributed by atoms with van der Waals surface area (Å²) in [5.41, 5.74) is 5.27. The highest BCUT2D eigenvalue weighted by molar-refractivity contribution is 5.90. The van der Waals surface area contributed by atoms with Crippen LogP contribution in [0, 0.1) is 23.7 Å². The molecule has 4 unspecified atom stereocenters. The predicted molar refractivity (Wildman–Crippen MR) is 95.3 cm³/mol. The van der Waals surface area contributed by atoms with Gasteiger partial charge >= 0.3 is 5.97 Å². The van der Waals surface area contributed by atoms with Crippen LogP contribution in [0.1, 0.15) is 54.4 Å². The Hall–Kier alpha value is -1.63. The summed E-state index contributed by atoms with van der Waals surface area (Å²) in [5, 5.41) is 12.8. The van der Waals surface area contributed by atoms with Gasteiger partial charge in [-0.15, -0.1) is 0 Å². The molecule has 0 aromatic rings. The number of carbonyl (C=O) groups is 3. The summed E-state index contributed by atoms with van der Waals surface area (Å²) in [4.78, 5) is 35.6. The van der Waals surface area contributed by atoms with Crippen LogP contribution in [0.5, 0.6) is 0 Å². The van der Waals surface area contributed by atoms with E-state index in [4.69, 9.17) is 10.5 Å². The highest BCUT2D eigenvalue weighted by atomic mass is 16.5. The second-order valence-electron chi connectivity index (χ2n) is 7.63. The molecule has 0 radical (unpaired) electrons. The molecule has 0 saturated heterocycles. The number of hydrogen-bond donors (Lipinski definition) is 3. The first kappa shape index (κ1) is 23.4. The SMILES string of the molecule is CC(C)COC(=O)CC(NC(=O)C(C)C(O)C(C)CC(C)C)C(N)=O. The molecule has 0 aliphatic rings. The smallest absolute Gasteiger partial charge is 0.308 e. The van der Waals surface area contributed by atoms with Crippen molar-refractivity contribution in [3.63, 3.8) is 0 Å². The van der Waals surface area contributed by atoms with E-state index in [2.05, 4.69) is 5.32 Å². The Labute approximate surface area is 150 Å². The molecule has 2 amide bonds. The predicted octanol–water partition coefficient (Wildman–Crippen LogP) is 1.23. The van der Waals surface area contributed by atoms with Crippen LogP contribution in [0.25, 0.3) is 0 Å². The molecule has 0 bridgehead atoms. The molecule has 0 spiro atoms. The summed E-state index contributed by atoms with van der Waals surface area (Å²) < 4.78 is 5.01. The highest BCUT2D eigenvalue weighted by Crippen LogP contribution is 2.20. The minimum absolute atomic E-state index is 0.0659. The number of rotatable bonds is 11. The summed E-state index contributed by atoms with van der Waals surface area (Å²) in [7, 11) is 0. The maximum Gasteiger partial charge on any atom is 0.308 e. The number of nitrogens with one attached hydrogen (secondary N) is 1. The van der Waals surface area contributed by atoms with E-state index in [0.29, 0.717) is 5.92 Å². The van der Waals surface area contributed by atoms with E-state index in [9.17, 15) is 19.5 Å². The fourth-order valence-corrected chi connectivity index (χ4v) is 2.54. The van der Waals surface area contributed by atoms with Crippen LogP contribution < -0.4 is 11.1 Å². The largest absolute Gasteiger partial charge is 0.465 e. The number of carbonyl (C=O) groups excluding carboxylic acids is 3. The molecule has 0 aliphatic heterocycles. The van der Waals surface area contributed by atoms with Crippen molar-refractivity contribution in [2.75, 3.05) is 6.61 Å². The molecule has 0 aromatic carbocycles. The van der Waals surface area contributed by atoms with Gasteiger partial charge in [-0.3, -0.25) is 14.4 Å². The minimum atomic E-state index is -1.15. The number of hydrogen-bond acceptors (Lipinski definition) is 5. The molecule has 25 heavy (non-hydrogen) atoms. The zero-order chi connectivity index (χ0) is 19.7. The number of amides is 2. The summed E-state index contributed by atoms with van der Waals surface area (Å²) in [6.45, 7) is 11.6. The first-order chi connectivity index (χ1) is 11.5. The average Bonchev–Trinajstić information content (AvgIpc) is 2.49. The lowest BCUT2D eigenvalue weighted by Gasteiger charge is -2.26. The van der Waals surface area contributed by atoms with Crippen molar-refractivity contribution in [2.45, 2.75) is 66.5 Å². The van der Waals surface area contributed by atoms with Gasteiger partial charge in [0.05, 0.1) is 25.0 Å². The molecular weight excluding hydrogens is 324 g/mol. The molecule has 0 saturated carbocycles. The average molecular weight is 358 g/mol. The second-order valence-corrected chi connectivity index (χ2v) is 7.63. The third-order valence-corrected chi connectivity index (χ3v) is 3.96. The first-order valence-corrected chi connectivity index (χ1v) is 8.89. The lowest BCUT2D eigenvalue weighted by molar-refractivity contribution is -0.147. The fraction of sp³-hybridized carbons (Fsp3) is 0.833. The van der Waals surface area contributed by atoms with Gasteiger partial charge < -0.3 is 20.9 Å². The molecule has 7 nitrogen and oxygen atoms in total. The Kier molecular flexibility index (Phi) is 10.4. The minimum Gasteiger partial charge on any atom is -0.465 e. The third-order valence-electron chi connectivity index (χ3n) is 3.96. The number of primary amides is 1. The van der Waals surface area contributed by atoms with Crippen molar-refractivity contribution in [1.29, 1.82) is 0 Å². The van der Waals surface area contributed by atoms with Crippen LogP contribution in [0.3, 0.4) is 0 Å². The lowest BCUT2D eigenvalue weighted by Crippen LogP contribution is -2.49. The van der Waals surface area contributed by atoms with E-state index < -0.39 is 35.8 Å². The number of aliphatic hydroxyl groups excluding tert-OH is 1. The van der Waals surface area contributed by atoms with E-state index in [1.165, 1.54) is 0 Å². The monoisotopic (exact) mass is 358 g/mol. The van der Waals surface area contributed by atoms with Crippen molar-refractivity contribution >= 4 is 17.8 Å². The van der Waals surface area contributed by atoms with Crippen molar-refractivity contribution in [3.05, 3.63) is 0 Å². The zero-order valence-corrected chi connectivity index (χ0v) is 16.2. The van der Waals surface area contributed by atoms with Gasteiger partial charge in [0.2, 0.25) is 11.8 Å². The number of nitrogens with two attached hydrogens (primary N) is 1. The fourth-order valence-electron chi connectivity index (χ4n) is 2.54. The third kappa shape index (κ3) is 9.43. The van der Waals surface area contributed by atoms with E-state index >= 15 is 0 Å². The van der Waals surface area contributed by atoms with Crippen LogP contribution in [-0.2, 0) is 19.1 Å². The Balaban J connectivity index is 4.72. The van der Waals surface area contributed by atoms with Gasteiger partial charge in [-0.05, 0) is 24.2 Å². The van der Waals surface area contributed by atoms with Crippen LogP contribution in [0.2, 0.25) is 0 Å². The van der Waals surface area contributed by atoms with Crippen LogP contribution in [0.4, 0.5) is 0 Å². The van der Waals surface area contributed by atoms with E-state index in [1.54, 1.807) is 6.92 Å². The van der Waals surface area contributed by atoms with Gasteiger partial charge in [0.1, 0.15) is 6.04 Å². The van der Waals surface area contributed by atoms with Crippen LogP contribution >= 0.6 is 0 Å². The topological polar surface area (TPSA) is 119 Å². The molecule has 0 aromatic heterocycles. The van der Waals surface area contributed by atoms with Gasteiger partial charge in [-0.2, -0.15) is 0 Å². The Morgan fingerprint density at radius 2 is 1.60 bits per heavy atom. The van der Waals surface area contributed by atoms with Gasteiger partial charge in [-0.1, -0.05) is 41.5 Å². The normalized spacial score (nSPS) is 16.2. The van der Waals surface area contributed by atoms with Crippen molar-refractivity contribution in [2.24, 2.45) is 29.4 Å². The molecule has 0 heterocycles. The number of aliphatic hydroxyl groups is 1. The van der Waals surface area contributed by atoms with Gasteiger partial charge in [0.25, 0.3) is 0 Å². The number of esters is 1. The van der Waals surface area contributed by atoms with Gasteiger partial charge in [0, 0.05) is 0 Å². The van der Waals surface area contributed by atoms with E-state index in [1.807, 2.05) is 34.6 Å². The van der Waals surface area contributed by atoms with E-state index in [-0.39, 0.29) is 24.9 Å². The zero-order valence-electron chi connectivity index (χ0n) is 16.2. The Morgan fingerprint density at radius 3 is 2.04 bits per heavy atom. The van der Waals surface area contributed by atoms with Crippen LogP contribution in [0.15, 0.2) is 0 Å². The van der Waals surface area contributed by atoms with Gasteiger partial charge in [0.15, 0.2) is 0 Å². The molecule has 0 fully saturated rings. The second kappa shape index (κ2) is 11.1. The summed E-state index contributed by atoms with van der Waals surface area (Å²) >= 11 is 0. The maximum atomic E-state index is 12.3. The Morgan fingerprint density at radius 1 is 1.04 bits per heavy atom. The molecule has 0 rings (SSSR count). The van der Waals surface area contributed by atoms with Gasteiger partial charge in [-0.25, -0.2) is 0 Å². The highest BCUT2D eigenvalue weighted by Gasteiger charge is 2.30. The molecule has 0 aliphatic carbocycles. The first-order valence-electron chi connectivity index (χ1n) is 8.89. The van der Waals surface area contributed by atoms with Crippen molar-refractivity contribution < 1.29 is 24.2 Å². The van der Waals surface area contributed by atoms with Crippen molar-refractivity contribution in [1.82, 2.24) is 5.32 Å². The Bertz CT molecular complexity index is 451. The maximum absolute atomic E-state index is 12.3. The summed E-state index contributed by atoms with van der Waals surface area (Å²) in [6.07, 6.45) is -0.388. The molecule has 146 valence electrons. The van der Waals surface area contributed by atoms with Crippen LogP contribution in [-0.4, -0.2) is 41.6 Å². The summed E-state index contributed by atoms with van der Waals surface area (Å²) in [6, 6.07) is -1.15.